The van der Waals surface area contributed by atoms with Gasteiger partial charge in [0.25, 0.3) is 0 Å². The molecule has 0 aliphatic carbocycles. The third-order valence-corrected chi connectivity index (χ3v) is 3.22. The molecule has 1 saturated heterocycles. The Bertz CT molecular complexity index is 189. The standard InChI is InChI=1S/C14H30N2.ClH/c1-13-7-5-9-16(11-13)10-6-8-15-12-14(2,3)4;/h13,15H,5-12H2,1-4H3;1H. The number of likely N-dealkylation sites (tertiary alicyclic amines) is 1. The van der Waals surface area contributed by atoms with Crippen LogP contribution in [0.5, 0.6) is 0 Å². The Balaban J connectivity index is 0.00000256. The van der Waals surface area contributed by atoms with Crippen molar-refractivity contribution in [1.29, 1.82) is 0 Å². The average Bonchev–Trinajstić information content (AvgIpc) is 2.15. The van der Waals surface area contributed by atoms with E-state index in [-0.39, 0.29) is 12.4 Å². The minimum Gasteiger partial charge on any atom is -0.316 e. The SMILES string of the molecule is CC1CCCN(CCCNCC(C)(C)C)C1.Cl. The summed E-state index contributed by atoms with van der Waals surface area (Å²) in [6.45, 7) is 15.4. The van der Waals surface area contributed by atoms with Crippen molar-refractivity contribution in [3.8, 4) is 0 Å². The molecule has 1 atom stereocenters. The molecule has 1 aliphatic rings. The van der Waals surface area contributed by atoms with Gasteiger partial charge in [-0.15, -0.1) is 12.4 Å². The Hall–Kier alpha value is 0.210. The largest absolute Gasteiger partial charge is 0.316 e. The summed E-state index contributed by atoms with van der Waals surface area (Å²) in [4.78, 5) is 2.63. The lowest BCUT2D eigenvalue weighted by atomic mass is 9.97. The maximum atomic E-state index is 3.55. The summed E-state index contributed by atoms with van der Waals surface area (Å²) < 4.78 is 0. The molecular weight excluding hydrogens is 232 g/mol. The highest BCUT2D eigenvalue weighted by Gasteiger charge is 2.15. The van der Waals surface area contributed by atoms with E-state index in [1.165, 1.54) is 45.4 Å². The second-order valence-electron chi connectivity index (χ2n) is 6.64. The zero-order valence-corrected chi connectivity index (χ0v) is 12.9. The lowest BCUT2D eigenvalue weighted by molar-refractivity contribution is 0.181. The van der Waals surface area contributed by atoms with E-state index < -0.39 is 0 Å². The van der Waals surface area contributed by atoms with Gasteiger partial charge in [0, 0.05) is 6.54 Å². The first-order valence-corrected chi connectivity index (χ1v) is 6.90. The van der Waals surface area contributed by atoms with Gasteiger partial charge in [0.15, 0.2) is 0 Å². The highest BCUT2D eigenvalue weighted by atomic mass is 35.5. The van der Waals surface area contributed by atoms with E-state index in [4.69, 9.17) is 0 Å². The van der Waals surface area contributed by atoms with Crippen LogP contribution in [0.4, 0.5) is 0 Å². The van der Waals surface area contributed by atoms with E-state index in [1.54, 1.807) is 0 Å². The first-order chi connectivity index (χ1) is 7.47. The quantitative estimate of drug-likeness (QED) is 0.766. The molecule has 0 amide bonds. The smallest absolute Gasteiger partial charge is 0.000703 e. The summed E-state index contributed by atoms with van der Waals surface area (Å²) >= 11 is 0. The number of hydrogen-bond donors (Lipinski definition) is 1. The molecule has 0 spiro atoms. The van der Waals surface area contributed by atoms with Crippen LogP contribution in [0.15, 0.2) is 0 Å². The normalized spacial score (nSPS) is 22.2. The lowest BCUT2D eigenvalue weighted by Gasteiger charge is -2.30. The van der Waals surface area contributed by atoms with Crippen molar-refractivity contribution in [2.45, 2.75) is 47.0 Å². The summed E-state index contributed by atoms with van der Waals surface area (Å²) in [6.07, 6.45) is 4.12. The van der Waals surface area contributed by atoms with E-state index >= 15 is 0 Å². The number of halogens is 1. The first kappa shape index (κ1) is 17.2. The number of rotatable bonds is 5. The van der Waals surface area contributed by atoms with Crippen LogP contribution < -0.4 is 5.32 Å². The van der Waals surface area contributed by atoms with Crippen molar-refractivity contribution in [2.24, 2.45) is 11.3 Å². The van der Waals surface area contributed by atoms with Gasteiger partial charge in [-0.3, -0.25) is 0 Å². The van der Waals surface area contributed by atoms with E-state index in [0.717, 1.165) is 12.5 Å². The van der Waals surface area contributed by atoms with Gasteiger partial charge in [-0.05, 0) is 56.8 Å². The highest BCUT2D eigenvalue weighted by Crippen LogP contribution is 2.15. The first-order valence-electron chi connectivity index (χ1n) is 6.90. The molecule has 104 valence electrons. The molecule has 0 saturated carbocycles. The number of piperidine rings is 1. The third-order valence-electron chi connectivity index (χ3n) is 3.22. The van der Waals surface area contributed by atoms with Crippen LogP contribution in [0.3, 0.4) is 0 Å². The Morgan fingerprint density at radius 2 is 2.00 bits per heavy atom. The fraction of sp³-hybridized carbons (Fsp3) is 1.00. The van der Waals surface area contributed by atoms with Crippen molar-refractivity contribution < 1.29 is 0 Å². The molecule has 3 heteroatoms. The van der Waals surface area contributed by atoms with Crippen LogP contribution in [-0.4, -0.2) is 37.6 Å². The van der Waals surface area contributed by atoms with Gasteiger partial charge < -0.3 is 10.2 Å². The molecule has 17 heavy (non-hydrogen) atoms. The van der Waals surface area contributed by atoms with Gasteiger partial charge in [-0.25, -0.2) is 0 Å². The Kier molecular flexibility index (Phi) is 8.44. The molecule has 0 aromatic heterocycles. The molecule has 1 unspecified atom stereocenters. The average molecular weight is 263 g/mol. The molecule has 0 bridgehead atoms. The summed E-state index contributed by atoms with van der Waals surface area (Å²) in [7, 11) is 0. The predicted molar refractivity (Wildman–Crippen MR) is 79.0 cm³/mol. The lowest BCUT2D eigenvalue weighted by Crippen LogP contribution is -2.36. The minimum absolute atomic E-state index is 0. The van der Waals surface area contributed by atoms with E-state index in [1.807, 2.05) is 0 Å². The van der Waals surface area contributed by atoms with Crippen molar-refractivity contribution >= 4 is 12.4 Å². The summed E-state index contributed by atoms with van der Waals surface area (Å²) in [5.41, 5.74) is 0.416. The predicted octanol–water partition coefficient (Wildman–Crippen LogP) is 3.17. The van der Waals surface area contributed by atoms with Crippen molar-refractivity contribution in [2.75, 3.05) is 32.7 Å². The van der Waals surface area contributed by atoms with Crippen LogP contribution in [-0.2, 0) is 0 Å². The van der Waals surface area contributed by atoms with Crippen LogP contribution in [0.2, 0.25) is 0 Å². The van der Waals surface area contributed by atoms with Crippen molar-refractivity contribution in [3.05, 3.63) is 0 Å². The summed E-state index contributed by atoms with van der Waals surface area (Å²) in [5.74, 6) is 0.913. The molecule has 1 heterocycles. The molecular formula is C14H31ClN2. The summed E-state index contributed by atoms with van der Waals surface area (Å²) in [5, 5.41) is 3.55. The second-order valence-corrected chi connectivity index (χ2v) is 6.64. The molecule has 0 aromatic carbocycles. The van der Waals surface area contributed by atoms with E-state index in [0.29, 0.717) is 5.41 Å². The maximum Gasteiger partial charge on any atom is 0.000703 e. The number of hydrogen-bond acceptors (Lipinski definition) is 2. The van der Waals surface area contributed by atoms with E-state index in [9.17, 15) is 0 Å². The van der Waals surface area contributed by atoms with Gasteiger partial charge in [0.1, 0.15) is 0 Å². The second kappa shape index (κ2) is 8.34. The van der Waals surface area contributed by atoms with Crippen LogP contribution in [0.25, 0.3) is 0 Å². The summed E-state index contributed by atoms with van der Waals surface area (Å²) in [6, 6.07) is 0. The van der Waals surface area contributed by atoms with Gasteiger partial charge in [-0.1, -0.05) is 27.7 Å². The Morgan fingerprint density at radius 3 is 2.59 bits per heavy atom. The van der Waals surface area contributed by atoms with Gasteiger partial charge in [-0.2, -0.15) is 0 Å². The zero-order chi connectivity index (χ0) is 12.0. The van der Waals surface area contributed by atoms with Crippen molar-refractivity contribution in [3.63, 3.8) is 0 Å². The Morgan fingerprint density at radius 1 is 1.29 bits per heavy atom. The van der Waals surface area contributed by atoms with E-state index in [2.05, 4.69) is 37.9 Å². The van der Waals surface area contributed by atoms with Gasteiger partial charge in [0.2, 0.25) is 0 Å². The van der Waals surface area contributed by atoms with Crippen LogP contribution >= 0.6 is 12.4 Å². The highest BCUT2D eigenvalue weighted by molar-refractivity contribution is 5.85. The topological polar surface area (TPSA) is 15.3 Å². The molecule has 1 rings (SSSR count). The molecule has 2 nitrogen and oxygen atoms in total. The monoisotopic (exact) mass is 262 g/mol. The molecule has 1 aliphatic heterocycles. The van der Waals surface area contributed by atoms with Gasteiger partial charge in [0.05, 0.1) is 0 Å². The zero-order valence-electron chi connectivity index (χ0n) is 12.1. The minimum atomic E-state index is 0. The molecule has 1 N–H and O–H groups in total. The Labute approximate surface area is 114 Å². The van der Waals surface area contributed by atoms with Crippen LogP contribution in [0, 0.1) is 11.3 Å². The van der Waals surface area contributed by atoms with Crippen molar-refractivity contribution in [1.82, 2.24) is 10.2 Å². The number of nitrogens with one attached hydrogen (secondary N) is 1. The molecule has 1 fully saturated rings. The van der Waals surface area contributed by atoms with Gasteiger partial charge >= 0.3 is 0 Å². The van der Waals surface area contributed by atoms with Crippen LogP contribution in [0.1, 0.15) is 47.0 Å². The molecule has 0 radical (unpaired) electrons. The molecule has 0 aromatic rings. The number of nitrogens with zero attached hydrogens (tertiary/aromatic N) is 1. The fourth-order valence-corrected chi connectivity index (χ4v) is 2.38. The fourth-order valence-electron chi connectivity index (χ4n) is 2.38. The third kappa shape index (κ3) is 8.87. The maximum absolute atomic E-state index is 3.55.